The van der Waals surface area contributed by atoms with Crippen LogP contribution in [0.3, 0.4) is 0 Å². The summed E-state index contributed by atoms with van der Waals surface area (Å²) in [6, 6.07) is 6.59. The van der Waals surface area contributed by atoms with E-state index in [9.17, 15) is 14.4 Å². The zero-order chi connectivity index (χ0) is 19.1. The molecule has 8 heteroatoms. The largest absolute Gasteiger partial charge is 0.482 e. The number of hydrogen-bond acceptors (Lipinski definition) is 6. The molecule has 0 aromatic heterocycles. The van der Waals surface area contributed by atoms with Crippen LogP contribution >= 0.6 is 12.2 Å². The molecule has 1 saturated heterocycles. The Morgan fingerprint density at radius 1 is 1.31 bits per heavy atom. The van der Waals surface area contributed by atoms with Gasteiger partial charge in [0.1, 0.15) is 11.3 Å². The smallest absolute Gasteiger partial charge is 0.344 e. The molecule has 26 heavy (non-hydrogen) atoms. The van der Waals surface area contributed by atoms with Gasteiger partial charge < -0.3 is 9.47 Å². The number of nitrogens with zero attached hydrogens (tertiary/aromatic N) is 1. The number of nitrogens with one attached hydrogen (secondary N) is 1. The van der Waals surface area contributed by atoms with Gasteiger partial charge in [0.05, 0.1) is 6.61 Å². The summed E-state index contributed by atoms with van der Waals surface area (Å²) in [6.07, 6.45) is 2.99. The van der Waals surface area contributed by atoms with E-state index in [1.165, 1.54) is 17.1 Å². The van der Waals surface area contributed by atoms with Gasteiger partial charge in [-0.05, 0) is 42.9 Å². The molecule has 0 saturated carbocycles. The number of benzene rings is 1. The van der Waals surface area contributed by atoms with Gasteiger partial charge in [-0.15, -0.1) is 6.58 Å². The predicted molar refractivity (Wildman–Crippen MR) is 99.2 cm³/mol. The molecular formula is C18H18N2O5S. The number of esters is 1. The SMILES string of the molecule is C=CCN1C(=O)/C(=C/c2ccc(OCC(=O)OCC)cc2)C(=O)NC1=S. The fourth-order valence-corrected chi connectivity index (χ4v) is 2.41. The molecule has 1 fully saturated rings. The van der Waals surface area contributed by atoms with Crippen LogP contribution in [0.4, 0.5) is 0 Å². The molecule has 0 atom stereocenters. The van der Waals surface area contributed by atoms with Crippen LogP contribution in [-0.2, 0) is 19.1 Å². The first-order valence-corrected chi connectivity index (χ1v) is 8.25. The summed E-state index contributed by atoms with van der Waals surface area (Å²) in [5.41, 5.74) is 0.596. The molecule has 1 aliphatic heterocycles. The van der Waals surface area contributed by atoms with Gasteiger partial charge in [0.15, 0.2) is 11.7 Å². The van der Waals surface area contributed by atoms with Crippen molar-refractivity contribution in [3.63, 3.8) is 0 Å². The molecule has 1 aromatic carbocycles. The van der Waals surface area contributed by atoms with Crippen LogP contribution in [0.25, 0.3) is 6.08 Å². The number of carbonyl (C=O) groups excluding carboxylic acids is 3. The average Bonchev–Trinajstić information content (AvgIpc) is 2.61. The molecule has 0 aliphatic carbocycles. The van der Waals surface area contributed by atoms with E-state index in [0.29, 0.717) is 11.3 Å². The fraction of sp³-hybridized carbons (Fsp3) is 0.222. The van der Waals surface area contributed by atoms with Crippen LogP contribution in [0.1, 0.15) is 12.5 Å². The van der Waals surface area contributed by atoms with Crippen LogP contribution in [0.5, 0.6) is 5.75 Å². The molecule has 136 valence electrons. The Labute approximate surface area is 156 Å². The van der Waals surface area contributed by atoms with Crippen molar-refractivity contribution < 1.29 is 23.9 Å². The number of hydrogen-bond donors (Lipinski definition) is 1. The molecule has 0 unspecified atom stereocenters. The highest BCUT2D eigenvalue weighted by Crippen LogP contribution is 2.17. The maximum Gasteiger partial charge on any atom is 0.344 e. The van der Waals surface area contributed by atoms with E-state index in [1.54, 1.807) is 31.2 Å². The first-order valence-electron chi connectivity index (χ1n) is 7.84. The van der Waals surface area contributed by atoms with E-state index in [4.69, 9.17) is 21.7 Å². The summed E-state index contributed by atoms with van der Waals surface area (Å²) in [6.45, 7) is 5.59. The Morgan fingerprint density at radius 3 is 2.62 bits per heavy atom. The topological polar surface area (TPSA) is 84.9 Å². The van der Waals surface area contributed by atoms with Crippen molar-refractivity contribution in [1.82, 2.24) is 10.2 Å². The summed E-state index contributed by atoms with van der Waals surface area (Å²) in [5, 5.41) is 2.53. The van der Waals surface area contributed by atoms with Crippen molar-refractivity contribution in [3.8, 4) is 5.75 Å². The van der Waals surface area contributed by atoms with Crippen molar-refractivity contribution in [2.24, 2.45) is 0 Å². The molecule has 2 amide bonds. The summed E-state index contributed by atoms with van der Waals surface area (Å²) < 4.78 is 10.1. The second-order valence-electron chi connectivity index (χ2n) is 5.18. The molecule has 1 aliphatic rings. The first kappa shape index (κ1) is 19.3. The Balaban J connectivity index is 2.11. The summed E-state index contributed by atoms with van der Waals surface area (Å²) in [5.74, 6) is -1.03. The minimum absolute atomic E-state index is 0.0272. The van der Waals surface area contributed by atoms with Crippen LogP contribution in [0.15, 0.2) is 42.5 Å². The van der Waals surface area contributed by atoms with E-state index in [2.05, 4.69) is 11.9 Å². The normalized spacial score (nSPS) is 15.7. The third kappa shape index (κ3) is 4.76. The summed E-state index contributed by atoms with van der Waals surface area (Å²) in [4.78, 5) is 37.0. The standard InChI is InChI=1S/C18H18N2O5S/c1-3-9-20-17(23)14(16(22)19-18(20)26)10-12-5-7-13(8-6-12)25-11-15(21)24-4-2/h3,5-8,10H,1,4,9,11H2,2H3,(H,19,22,26)/b14-10+. The van der Waals surface area contributed by atoms with Crippen LogP contribution in [-0.4, -0.2) is 47.6 Å². The van der Waals surface area contributed by atoms with E-state index in [1.807, 2.05) is 0 Å². The van der Waals surface area contributed by atoms with Crippen molar-refractivity contribution >= 4 is 41.2 Å². The van der Waals surface area contributed by atoms with Crippen LogP contribution in [0.2, 0.25) is 0 Å². The number of carbonyl (C=O) groups is 3. The van der Waals surface area contributed by atoms with Gasteiger partial charge in [0.25, 0.3) is 11.8 Å². The predicted octanol–water partition coefficient (Wildman–Crippen LogP) is 1.44. The number of amides is 2. The van der Waals surface area contributed by atoms with Gasteiger partial charge in [0.2, 0.25) is 0 Å². The molecule has 0 radical (unpaired) electrons. The lowest BCUT2D eigenvalue weighted by atomic mass is 10.1. The molecular weight excluding hydrogens is 356 g/mol. The maximum atomic E-state index is 12.4. The number of thiocarbonyl (C=S) groups is 1. The molecule has 1 aromatic rings. The highest BCUT2D eigenvalue weighted by atomic mass is 32.1. The average molecular weight is 374 g/mol. The molecule has 0 bridgehead atoms. The van der Waals surface area contributed by atoms with Gasteiger partial charge in [-0.1, -0.05) is 18.2 Å². The first-order chi connectivity index (χ1) is 12.5. The third-order valence-electron chi connectivity index (χ3n) is 3.35. The number of rotatable bonds is 7. The third-order valence-corrected chi connectivity index (χ3v) is 3.67. The highest BCUT2D eigenvalue weighted by molar-refractivity contribution is 7.80. The Hall–Kier alpha value is -3.00. The minimum Gasteiger partial charge on any atom is -0.482 e. The summed E-state index contributed by atoms with van der Waals surface area (Å²) >= 11 is 4.99. The van der Waals surface area contributed by atoms with E-state index in [0.717, 1.165) is 0 Å². The zero-order valence-electron chi connectivity index (χ0n) is 14.2. The molecule has 1 heterocycles. The lowest BCUT2D eigenvalue weighted by Gasteiger charge is -2.27. The van der Waals surface area contributed by atoms with Gasteiger partial charge in [0, 0.05) is 6.54 Å². The number of ether oxygens (including phenoxy) is 2. The van der Waals surface area contributed by atoms with Crippen LogP contribution < -0.4 is 10.1 Å². The van der Waals surface area contributed by atoms with Crippen molar-refractivity contribution in [1.29, 1.82) is 0 Å². The molecule has 1 N–H and O–H groups in total. The lowest BCUT2D eigenvalue weighted by molar-refractivity contribution is -0.145. The van der Waals surface area contributed by atoms with E-state index >= 15 is 0 Å². The fourth-order valence-electron chi connectivity index (χ4n) is 2.16. The van der Waals surface area contributed by atoms with Crippen LogP contribution in [0, 0.1) is 0 Å². The Kier molecular flexibility index (Phi) is 6.62. The van der Waals surface area contributed by atoms with Crippen molar-refractivity contribution in [3.05, 3.63) is 48.1 Å². The lowest BCUT2D eigenvalue weighted by Crippen LogP contribution is -2.53. The monoisotopic (exact) mass is 374 g/mol. The minimum atomic E-state index is -0.553. The Bertz CT molecular complexity index is 770. The van der Waals surface area contributed by atoms with Gasteiger partial charge in [-0.25, -0.2) is 4.79 Å². The second kappa shape index (κ2) is 8.91. The van der Waals surface area contributed by atoms with Gasteiger partial charge >= 0.3 is 5.97 Å². The molecule has 0 spiro atoms. The summed E-state index contributed by atoms with van der Waals surface area (Å²) in [7, 11) is 0. The Morgan fingerprint density at radius 2 is 2.00 bits per heavy atom. The van der Waals surface area contributed by atoms with E-state index in [-0.39, 0.29) is 30.4 Å². The van der Waals surface area contributed by atoms with Crippen molar-refractivity contribution in [2.45, 2.75) is 6.92 Å². The quantitative estimate of drug-likeness (QED) is 0.256. The maximum absolute atomic E-state index is 12.4. The molecule has 2 rings (SSSR count). The van der Waals surface area contributed by atoms with Gasteiger partial charge in [-0.2, -0.15) is 0 Å². The highest BCUT2D eigenvalue weighted by Gasteiger charge is 2.32. The van der Waals surface area contributed by atoms with Gasteiger partial charge in [-0.3, -0.25) is 19.8 Å². The molecule has 7 nitrogen and oxygen atoms in total. The van der Waals surface area contributed by atoms with Crippen molar-refractivity contribution in [2.75, 3.05) is 19.8 Å². The van der Waals surface area contributed by atoms with E-state index < -0.39 is 17.8 Å². The zero-order valence-corrected chi connectivity index (χ0v) is 15.0. The second-order valence-corrected chi connectivity index (χ2v) is 5.57.